The molecule has 20 heavy (non-hydrogen) atoms. The molecule has 3 rings (SSSR count). The lowest BCUT2D eigenvalue weighted by Gasteiger charge is -2.49. The molecule has 2 aliphatic heterocycles. The molecular formula is C15H21FN2O2. The number of likely N-dealkylation sites (tertiary alicyclic amines) is 1. The van der Waals surface area contributed by atoms with Crippen molar-refractivity contribution in [1.82, 2.24) is 9.88 Å². The number of hydrogen-bond acceptors (Lipinski definition) is 4. The summed E-state index contributed by atoms with van der Waals surface area (Å²) in [6.07, 6.45) is 4.90. The maximum absolute atomic E-state index is 13.6. The zero-order chi connectivity index (χ0) is 14.0. The minimum Gasteiger partial charge on any atom is -0.475 e. The molecule has 0 radical (unpaired) electrons. The predicted octanol–water partition coefficient (Wildman–Crippen LogP) is 2.10. The third-order valence-electron chi connectivity index (χ3n) is 4.40. The van der Waals surface area contributed by atoms with E-state index in [-0.39, 0.29) is 17.4 Å². The topological polar surface area (TPSA) is 34.6 Å². The summed E-state index contributed by atoms with van der Waals surface area (Å²) in [4.78, 5) is 6.27. The number of hydrogen-bond donors (Lipinski definition) is 0. The molecule has 0 unspecified atom stereocenters. The molecule has 1 aromatic heterocycles. The second-order valence-corrected chi connectivity index (χ2v) is 5.93. The third-order valence-corrected chi connectivity index (χ3v) is 4.40. The van der Waals surface area contributed by atoms with Gasteiger partial charge < -0.3 is 14.4 Å². The van der Waals surface area contributed by atoms with Crippen molar-refractivity contribution >= 4 is 0 Å². The van der Waals surface area contributed by atoms with Crippen LogP contribution in [0, 0.1) is 11.2 Å². The maximum atomic E-state index is 13.6. The summed E-state index contributed by atoms with van der Waals surface area (Å²) in [5.74, 6) is -0.305. The maximum Gasteiger partial charge on any atom is 0.250 e. The fourth-order valence-electron chi connectivity index (χ4n) is 3.41. The van der Waals surface area contributed by atoms with Gasteiger partial charge in [-0.2, -0.15) is 0 Å². The number of halogens is 1. The standard InChI is InChI=1S/C15H21FN2O2/c1-18-8-5-13-15(10-18,6-3-9-19-13)11-20-14-12(16)4-2-7-17-14/h2,4,7,13H,3,5-6,8-11H2,1H3/t13-,15+/m1/s1. The highest BCUT2D eigenvalue weighted by molar-refractivity contribution is 5.13. The minimum absolute atomic E-state index is 0.0325. The van der Waals surface area contributed by atoms with Crippen molar-refractivity contribution in [2.75, 3.05) is 33.4 Å². The van der Waals surface area contributed by atoms with Crippen molar-refractivity contribution in [1.29, 1.82) is 0 Å². The van der Waals surface area contributed by atoms with Gasteiger partial charge in [0.1, 0.15) is 0 Å². The van der Waals surface area contributed by atoms with Crippen molar-refractivity contribution in [3.8, 4) is 5.88 Å². The van der Waals surface area contributed by atoms with E-state index in [2.05, 4.69) is 16.9 Å². The first-order valence-corrected chi connectivity index (χ1v) is 7.23. The Bertz CT molecular complexity index is 471. The largest absolute Gasteiger partial charge is 0.475 e. The molecule has 0 bridgehead atoms. The highest BCUT2D eigenvalue weighted by atomic mass is 19.1. The molecule has 5 heteroatoms. The van der Waals surface area contributed by atoms with Crippen molar-refractivity contribution in [3.63, 3.8) is 0 Å². The first-order valence-electron chi connectivity index (χ1n) is 7.23. The van der Waals surface area contributed by atoms with Crippen LogP contribution in [-0.4, -0.2) is 49.3 Å². The van der Waals surface area contributed by atoms with Crippen LogP contribution in [0.15, 0.2) is 18.3 Å². The minimum atomic E-state index is -0.402. The van der Waals surface area contributed by atoms with Crippen LogP contribution in [0.2, 0.25) is 0 Å². The van der Waals surface area contributed by atoms with E-state index in [4.69, 9.17) is 9.47 Å². The number of nitrogens with zero attached hydrogens (tertiary/aromatic N) is 2. The van der Waals surface area contributed by atoms with Crippen LogP contribution in [0.3, 0.4) is 0 Å². The van der Waals surface area contributed by atoms with Gasteiger partial charge in [0, 0.05) is 31.3 Å². The average molecular weight is 280 g/mol. The molecule has 0 amide bonds. The number of fused-ring (bicyclic) bond motifs is 1. The van der Waals surface area contributed by atoms with Gasteiger partial charge in [-0.25, -0.2) is 9.37 Å². The Kier molecular flexibility index (Phi) is 3.89. The SMILES string of the molecule is CN1CC[C@H]2OCCC[C@@]2(COc2ncccc2F)C1. The van der Waals surface area contributed by atoms with Crippen LogP contribution in [0.25, 0.3) is 0 Å². The molecule has 110 valence electrons. The number of ether oxygens (including phenoxy) is 2. The van der Waals surface area contributed by atoms with E-state index in [0.717, 1.165) is 39.0 Å². The van der Waals surface area contributed by atoms with Crippen LogP contribution in [0.1, 0.15) is 19.3 Å². The van der Waals surface area contributed by atoms with E-state index in [1.807, 2.05) is 0 Å². The third kappa shape index (κ3) is 2.65. The lowest BCUT2D eigenvalue weighted by atomic mass is 9.73. The van der Waals surface area contributed by atoms with Gasteiger partial charge in [-0.15, -0.1) is 0 Å². The molecule has 4 nitrogen and oxygen atoms in total. The Balaban J connectivity index is 1.74. The normalized spacial score (nSPS) is 30.8. The Morgan fingerprint density at radius 1 is 1.60 bits per heavy atom. The van der Waals surface area contributed by atoms with E-state index in [9.17, 15) is 4.39 Å². The van der Waals surface area contributed by atoms with E-state index >= 15 is 0 Å². The van der Waals surface area contributed by atoms with Gasteiger partial charge in [0.15, 0.2) is 5.82 Å². The van der Waals surface area contributed by atoms with Gasteiger partial charge >= 0.3 is 0 Å². The van der Waals surface area contributed by atoms with Crippen molar-refractivity contribution in [2.24, 2.45) is 5.41 Å². The summed E-state index contributed by atoms with van der Waals surface area (Å²) in [6, 6.07) is 2.95. The van der Waals surface area contributed by atoms with Gasteiger partial charge in [0.2, 0.25) is 5.88 Å². The number of pyridine rings is 1. The van der Waals surface area contributed by atoms with E-state index < -0.39 is 5.82 Å². The molecule has 0 spiro atoms. The highest BCUT2D eigenvalue weighted by Crippen LogP contribution is 2.40. The molecule has 2 atom stereocenters. The highest BCUT2D eigenvalue weighted by Gasteiger charge is 2.46. The lowest BCUT2D eigenvalue weighted by Crippen LogP contribution is -2.56. The molecule has 0 aromatic carbocycles. The van der Waals surface area contributed by atoms with E-state index in [1.54, 1.807) is 12.3 Å². The van der Waals surface area contributed by atoms with Gasteiger partial charge in [0.05, 0.1) is 12.7 Å². The molecule has 2 fully saturated rings. The van der Waals surface area contributed by atoms with Crippen molar-refractivity contribution in [2.45, 2.75) is 25.4 Å². The molecule has 1 aromatic rings. The van der Waals surface area contributed by atoms with Crippen LogP contribution in [0.4, 0.5) is 4.39 Å². The first-order chi connectivity index (χ1) is 9.70. The Labute approximate surface area is 118 Å². The monoisotopic (exact) mass is 280 g/mol. The second-order valence-electron chi connectivity index (χ2n) is 5.93. The second kappa shape index (κ2) is 5.66. The molecule has 2 saturated heterocycles. The fraction of sp³-hybridized carbons (Fsp3) is 0.667. The van der Waals surface area contributed by atoms with Crippen LogP contribution >= 0.6 is 0 Å². The van der Waals surface area contributed by atoms with Gasteiger partial charge in [-0.1, -0.05) is 0 Å². The van der Waals surface area contributed by atoms with Gasteiger partial charge in [-0.3, -0.25) is 0 Å². The molecular weight excluding hydrogens is 259 g/mol. The molecule has 0 saturated carbocycles. The zero-order valence-corrected chi connectivity index (χ0v) is 11.8. The van der Waals surface area contributed by atoms with Crippen LogP contribution in [-0.2, 0) is 4.74 Å². The fourth-order valence-corrected chi connectivity index (χ4v) is 3.41. The lowest BCUT2D eigenvalue weighted by molar-refractivity contribution is -0.136. The summed E-state index contributed by atoms with van der Waals surface area (Å²) in [5, 5.41) is 0. The predicted molar refractivity (Wildman–Crippen MR) is 73.2 cm³/mol. The molecule has 0 aliphatic carbocycles. The average Bonchev–Trinajstić information content (AvgIpc) is 2.46. The van der Waals surface area contributed by atoms with Crippen molar-refractivity contribution < 1.29 is 13.9 Å². The van der Waals surface area contributed by atoms with Crippen LogP contribution in [0.5, 0.6) is 5.88 Å². The quantitative estimate of drug-likeness (QED) is 0.849. The van der Waals surface area contributed by atoms with Crippen LogP contribution < -0.4 is 4.74 Å². The summed E-state index contributed by atoms with van der Waals surface area (Å²) < 4.78 is 25.2. The summed E-state index contributed by atoms with van der Waals surface area (Å²) >= 11 is 0. The summed E-state index contributed by atoms with van der Waals surface area (Å²) in [6.45, 7) is 3.28. The Hall–Kier alpha value is -1.20. The Morgan fingerprint density at radius 2 is 2.50 bits per heavy atom. The zero-order valence-electron chi connectivity index (χ0n) is 11.8. The molecule has 2 aliphatic rings. The van der Waals surface area contributed by atoms with E-state index in [1.165, 1.54) is 6.07 Å². The van der Waals surface area contributed by atoms with Gasteiger partial charge in [0.25, 0.3) is 0 Å². The smallest absolute Gasteiger partial charge is 0.250 e. The van der Waals surface area contributed by atoms with E-state index in [0.29, 0.717) is 6.61 Å². The summed E-state index contributed by atoms with van der Waals surface area (Å²) in [7, 11) is 2.12. The number of aromatic nitrogens is 1. The Morgan fingerprint density at radius 3 is 3.35 bits per heavy atom. The number of rotatable bonds is 3. The van der Waals surface area contributed by atoms with Gasteiger partial charge in [-0.05, 0) is 38.4 Å². The molecule has 3 heterocycles. The number of piperidine rings is 1. The first kappa shape index (κ1) is 13.8. The molecule has 0 N–H and O–H groups in total. The summed E-state index contributed by atoms with van der Waals surface area (Å²) in [5.41, 5.74) is -0.0325. The van der Waals surface area contributed by atoms with Crippen molar-refractivity contribution in [3.05, 3.63) is 24.1 Å².